The SMILES string of the molecule is CCSc1ccc(-c2c(Cl)cc(NC(=O)Cc3ccc(SCC)cn3)cc2Cl)cc1. The van der Waals surface area contributed by atoms with Crippen molar-refractivity contribution in [2.75, 3.05) is 16.8 Å². The Morgan fingerprint density at radius 2 is 1.53 bits per heavy atom. The smallest absolute Gasteiger partial charge is 0.230 e. The number of halogens is 2. The lowest BCUT2D eigenvalue weighted by molar-refractivity contribution is -0.115. The molecule has 1 amide bonds. The molecule has 0 spiro atoms. The number of carbonyl (C=O) groups excluding carboxylic acids is 1. The third-order valence-corrected chi connectivity index (χ3v) is 6.58. The van der Waals surface area contributed by atoms with E-state index in [0.29, 0.717) is 21.4 Å². The first-order chi connectivity index (χ1) is 14.5. The monoisotopic (exact) mass is 476 g/mol. The second-order valence-corrected chi connectivity index (χ2v) is 9.90. The molecule has 1 aromatic heterocycles. The quantitative estimate of drug-likeness (QED) is 0.342. The van der Waals surface area contributed by atoms with E-state index in [9.17, 15) is 4.79 Å². The highest BCUT2D eigenvalue weighted by Crippen LogP contribution is 2.38. The van der Waals surface area contributed by atoms with Gasteiger partial charge in [0.2, 0.25) is 5.91 Å². The number of aromatic nitrogens is 1. The first-order valence-electron chi connectivity index (χ1n) is 9.60. The molecule has 7 heteroatoms. The van der Waals surface area contributed by atoms with Gasteiger partial charge in [0.1, 0.15) is 0 Å². The van der Waals surface area contributed by atoms with E-state index in [0.717, 1.165) is 27.5 Å². The van der Waals surface area contributed by atoms with Gasteiger partial charge < -0.3 is 5.32 Å². The summed E-state index contributed by atoms with van der Waals surface area (Å²) in [6.45, 7) is 4.21. The Bertz CT molecular complexity index is 986. The van der Waals surface area contributed by atoms with Gasteiger partial charge in [-0.05, 0) is 53.5 Å². The van der Waals surface area contributed by atoms with Crippen LogP contribution in [-0.4, -0.2) is 22.4 Å². The number of nitrogens with one attached hydrogen (secondary N) is 1. The molecule has 0 aliphatic heterocycles. The second kappa shape index (κ2) is 11.1. The normalized spacial score (nSPS) is 10.8. The van der Waals surface area contributed by atoms with Crippen molar-refractivity contribution in [1.29, 1.82) is 0 Å². The van der Waals surface area contributed by atoms with E-state index in [2.05, 4.69) is 36.3 Å². The van der Waals surface area contributed by atoms with E-state index >= 15 is 0 Å². The van der Waals surface area contributed by atoms with Crippen molar-refractivity contribution in [3.05, 3.63) is 70.5 Å². The van der Waals surface area contributed by atoms with Gasteiger partial charge in [0.25, 0.3) is 0 Å². The van der Waals surface area contributed by atoms with E-state index in [1.165, 1.54) is 4.90 Å². The van der Waals surface area contributed by atoms with Crippen LogP contribution < -0.4 is 5.32 Å². The molecule has 0 saturated carbocycles. The molecule has 2 aromatic carbocycles. The van der Waals surface area contributed by atoms with Crippen LogP contribution in [0.1, 0.15) is 19.5 Å². The van der Waals surface area contributed by atoms with Crippen LogP contribution in [0.4, 0.5) is 5.69 Å². The summed E-state index contributed by atoms with van der Waals surface area (Å²) in [5, 5.41) is 3.85. The summed E-state index contributed by atoms with van der Waals surface area (Å²) in [5.74, 6) is 1.84. The number of hydrogen-bond donors (Lipinski definition) is 1. The molecule has 0 unspecified atom stereocenters. The lowest BCUT2D eigenvalue weighted by Gasteiger charge is -2.12. The summed E-state index contributed by atoms with van der Waals surface area (Å²) in [4.78, 5) is 19.1. The van der Waals surface area contributed by atoms with Gasteiger partial charge >= 0.3 is 0 Å². The topological polar surface area (TPSA) is 42.0 Å². The third-order valence-electron chi connectivity index (χ3n) is 4.23. The van der Waals surface area contributed by atoms with Crippen LogP contribution in [0, 0.1) is 0 Å². The van der Waals surface area contributed by atoms with E-state index in [4.69, 9.17) is 23.2 Å². The van der Waals surface area contributed by atoms with E-state index in [1.54, 1.807) is 41.9 Å². The van der Waals surface area contributed by atoms with Gasteiger partial charge in [0, 0.05) is 32.9 Å². The minimum Gasteiger partial charge on any atom is -0.326 e. The van der Waals surface area contributed by atoms with Crippen LogP contribution in [0.3, 0.4) is 0 Å². The Hall–Kier alpha value is -1.66. The average Bonchev–Trinajstić information content (AvgIpc) is 2.70. The molecule has 0 aliphatic carbocycles. The fraction of sp³-hybridized carbons (Fsp3) is 0.217. The Labute approximate surface area is 196 Å². The zero-order valence-corrected chi connectivity index (χ0v) is 19.9. The maximum absolute atomic E-state index is 12.4. The van der Waals surface area contributed by atoms with Crippen LogP contribution in [0.25, 0.3) is 11.1 Å². The average molecular weight is 477 g/mol. The van der Waals surface area contributed by atoms with Crippen LogP contribution in [0.2, 0.25) is 10.0 Å². The Morgan fingerprint density at radius 3 is 2.10 bits per heavy atom. The highest BCUT2D eigenvalue weighted by molar-refractivity contribution is 7.99. The summed E-state index contributed by atoms with van der Waals surface area (Å²) < 4.78 is 0. The first kappa shape index (κ1) is 23.0. The van der Waals surface area contributed by atoms with E-state index in [-0.39, 0.29) is 12.3 Å². The van der Waals surface area contributed by atoms with Crippen molar-refractivity contribution < 1.29 is 4.79 Å². The number of carbonyl (C=O) groups is 1. The lowest BCUT2D eigenvalue weighted by atomic mass is 10.0. The molecule has 0 saturated heterocycles. The van der Waals surface area contributed by atoms with E-state index in [1.807, 2.05) is 24.3 Å². The zero-order valence-electron chi connectivity index (χ0n) is 16.7. The molecule has 30 heavy (non-hydrogen) atoms. The molecule has 0 atom stereocenters. The Balaban J connectivity index is 1.70. The fourth-order valence-corrected chi connectivity index (χ4v) is 4.93. The maximum atomic E-state index is 12.4. The summed E-state index contributed by atoms with van der Waals surface area (Å²) in [5.41, 5.74) is 2.98. The molecule has 3 rings (SSSR count). The number of thioether (sulfide) groups is 2. The molecule has 0 bridgehead atoms. The van der Waals surface area contributed by atoms with Gasteiger partial charge in [-0.2, -0.15) is 0 Å². The van der Waals surface area contributed by atoms with Crippen LogP contribution in [0.5, 0.6) is 0 Å². The minimum absolute atomic E-state index is 0.167. The number of pyridine rings is 1. The summed E-state index contributed by atoms with van der Waals surface area (Å²) in [6, 6.07) is 15.4. The molecule has 0 aliphatic rings. The van der Waals surface area contributed by atoms with Crippen molar-refractivity contribution >= 4 is 58.3 Å². The minimum atomic E-state index is -0.167. The van der Waals surface area contributed by atoms with Crippen molar-refractivity contribution in [1.82, 2.24) is 4.98 Å². The van der Waals surface area contributed by atoms with Gasteiger partial charge in [-0.25, -0.2) is 0 Å². The number of anilines is 1. The highest BCUT2D eigenvalue weighted by atomic mass is 35.5. The zero-order chi connectivity index (χ0) is 21.5. The predicted octanol–water partition coefficient (Wildman–Crippen LogP) is 7.46. The number of benzene rings is 2. The molecule has 1 N–H and O–H groups in total. The fourth-order valence-electron chi connectivity index (χ4n) is 2.94. The second-order valence-electron chi connectivity index (χ2n) is 6.42. The van der Waals surface area contributed by atoms with Gasteiger partial charge in [-0.1, -0.05) is 49.2 Å². The molecule has 3 nitrogen and oxygen atoms in total. The van der Waals surface area contributed by atoms with Gasteiger partial charge in [0.15, 0.2) is 0 Å². The summed E-state index contributed by atoms with van der Waals surface area (Å²) >= 11 is 16.5. The largest absolute Gasteiger partial charge is 0.326 e. The number of hydrogen-bond acceptors (Lipinski definition) is 4. The number of amides is 1. The van der Waals surface area contributed by atoms with Crippen molar-refractivity contribution in [2.24, 2.45) is 0 Å². The predicted molar refractivity (Wildman–Crippen MR) is 131 cm³/mol. The lowest BCUT2D eigenvalue weighted by Crippen LogP contribution is -2.15. The van der Waals surface area contributed by atoms with Gasteiger partial charge in [0.05, 0.1) is 16.5 Å². The maximum Gasteiger partial charge on any atom is 0.230 e. The molecule has 3 aromatic rings. The van der Waals surface area contributed by atoms with E-state index < -0.39 is 0 Å². The van der Waals surface area contributed by atoms with Gasteiger partial charge in [-0.15, -0.1) is 23.5 Å². The van der Waals surface area contributed by atoms with Gasteiger partial charge in [-0.3, -0.25) is 9.78 Å². The first-order valence-corrected chi connectivity index (χ1v) is 12.3. The third kappa shape index (κ3) is 6.17. The molecule has 0 radical (unpaired) electrons. The van der Waals surface area contributed by atoms with Crippen molar-refractivity contribution in [3.8, 4) is 11.1 Å². The standard InChI is InChI=1S/C23H22Cl2N2OS2/c1-3-29-18-8-5-15(6-9-18)23-20(24)11-17(12-21(23)25)27-22(28)13-16-7-10-19(14-26-16)30-4-2/h5-12,14H,3-4,13H2,1-2H3,(H,27,28). The Morgan fingerprint density at radius 1 is 0.933 bits per heavy atom. The summed E-state index contributed by atoms with van der Waals surface area (Å²) in [7, 11) is 0. The molecule has 1 heterocycles. The van der Waals surface area contributed by atoms with Crippen LogP contribution in [-0.2, 0) is 11.2 Å². The van der Waals surface area contributed by atoms with Crippen LogP contribution in [0.15, 0.2) is 64.5 Å². The van der Waals surface area contributed by atoms with Crippen molar-refractivity contribution in [2.45, 2.75) is 30.1 Å². The van der Waals surface area contributed by atoms with Crippen molar-refractivity contribution in [3.63, 3.8) is 0 Å². The molecule has 156 valence electrons. The number of nitrogens with zero attached hydrogens (tertiary/aromatic N) is 1. The van der Waals surface area contributed by atoms with Crippen LogP contribution >= 0.6 is 46.7 Å². The molecular formula is C23H22Cl2N2OS2. The summed E-state index contributed by atoms with van der Waals surface area (Å²) in [6.07, 6.45) is 1.98. The highest BCUT2D eigenvalue weighted by Gasteiger charge is 2.13. The Kier molecular flexibility index (Phi) is 8.51. The molecular weight excluding hydrogens is 455 g/mol. The molecule has 0 fully saturated rings. The number of rotatable bonds is 8.